The van der Waals surface area contributed by atoms with E-state index in [1.165, 1.54) is 12.1 Å². The number of piperazine rings is 1. The lowest BCUT2D eigenvalue weighted by Crippen LogP contribution is -2.55. The van der Waals surface area contributed by atoms with Crippen LogP contribution in [0.5, 0.6) is 5.75 Å². The SMILES string of the molecule is CCC(c1ccc(OC(F)(F)F)cc1)N1CCN(C(=O)OC(C)(C)C)C[C@@H]1C. The normalized spacial score (nSPS) is 20.0. The number of benzene rings is 1. The standard InChI is InChI=1S/C20H29F3N2O3/c1-6-17(15-7-9-16(10-8-15)27-20(21,22)23)25-12-11-24(13-14(25)2)18(26)28-19(3,4)5/h7-10,14,17H,6,11-13H2,1-5H3/t14-,17?/m0/s1. The van der Waals surface area contributed by atoms with Crippen molar-refractivity contribution in [2.24, 2.45) is 0 Å². The van der Waals surface area contributed by atoms with Crippen LogP contribution in [-0.4, -0.2) is 53.5 Å². The molecule has 5 nitrogen and oxygen atoms in total. The molecule has 1 unspecified atom stereocenters. The number of amides is 1. The van der Waals surface area contributed by atoms with Crippen LogP contribution in [0, 0.1) is 0 Å². The van der Waals surface area contributed by atoms with E-state index >= 15 is 0 Å². The van der Waals surface area contributed by atoms with E-state index in [4.69, 9.17) is 4.74 Å². The van der Waals surface area contributed by atoms with Gasteiger partial charge in [0.2, 0.25) is 0 Å². The highest BCUT2D eigenvalue weighted by molar-refractivity contribution is 5.68. The van der Waals surface area contributed by atoms with E-state index in [0.717, 1.165) is 12.0 Å². The number of hydrogen-bond donors (Lipinski definition) is 0. The van der Waals surface area contributed by atoms with Crippen LogP contribution in [0.15, 0.2) is 24.3 Å². The minimum atomic E-state index is -4.70. The molecule has 0 N–H and O–H groups in total. The van der Waals surface area contributed by atoms with Gasteiger partial charge in [-0.1, -0.05) is 19.1 Å². The van der Waals surface area contributed by atoms with Crippen LogP contribution in [0.25, 0.3) is 0 Å². The molecule has 1 aromatic rings. The number of hydrogen-bond acceptors (Lipinski definition) is 4. The van der Waals surface area contributed by atoms with Crippen molar-refractivity contribution in [3.8, 4) is 5.75 Å². The van der Waals surface area contributed by atoms with E-state index in [1.807, 2.05) is 34.6 Å². The third kappa shape index (κ3) is 6.29. The average Bonchev–Trinajstić information content (AvgIpc) is 2.55. The van der Waals surface area contributed by atoms with Gasteiger partial charge in [0.25, 0.3) is 0 Å². The van der Waals surface area contributed by atoms with Crippen LogP contribution in [0.2, 0.25) is 0 Å². The zero-order valence-electron chi connectivity index (χ0n) is 17.0. The fraction of sp³-hybridized carbons (Fsp3) is 0.650. The lowest BCUT2D eigenvalue weighted by molar-refractivity contribution is -0.274. The molecule has 1 saturated heterocycles. The second-order valence-corrected chi connectivity index (χ2v) is 8.05. The van der Waals surface area contributed by atoms with Gasteiger partial charge in [0.15, 0.2) is 0 Å². The van der Waals surface area contributed by atoms with Gasteiger partial charge in [-0.05, 0) is 51.8 Å². The largest absolute Gasteiger partial charge is 0.573 e. The first-order valence-corrected chi connectivity index (χ1v) is 9.49. The molecule has 0 saturated carbocycles. The molecule has 0 aliphatic carbocycles. The third-order valence-corrected chi connectivity index (χ3v) is 4.62. The molecule has 1 fully saturated rings. The molecule has 1 amide bonds. The minimum Gasteiger partial charge on any atom is -0.444 e. The predicted octanol–water partition coefficient (Wildman–Crippen LogP) is 4.98. The maximum absolute atomic E-state index is 12.3. The van der Waals surface area contributed by atoms with E-state index in [1.54, 1.807) is 17.0 Å². The van der Waals surface area contributed by atoms with Crippen molar-refractivity contribution < 1.29 is 27.4 Å². The van der Waals surface area contributed by atoms with Gasteiger partial charge in [0.1, 0.15) is 11.4 Å². The van der Waals surface area contributed by atoms with Crippen molar-refractivity contribution in [3.63, 3.8) is 0 Å². The van der Waals surface area contributed by atoms with Crippen LogP contribution in [0.1, 0.15) is 52.6 Å². The summed E-state index contributed by atoms with van der Waals surface area (Å²) >= 11 is 0. The number of halogens is 3. The smallest absolute Gasteiger partial charge is 0.444 e. The Bertz CT molecular complexity index is 656. The summed E-state index contributed by atoms with van der Waals surface area (Å²) in [4.78, 5) is 16.3. The molecule has 8 heteroatoms. The summed E-state index contributed by atoms with van der Waals surface area (Å²) in [6, 6.07) is 6.16. The molecule has 1 heterocycles. The van der Waals surface area contributed by atoms with Gasteiger partial charge in [-0.25, -0.2) is 4.79 Å². The Labute approximate surface area is 164 Å². The molecule has 28 heavy (non-hydrogen) atoms. The van der Waals surface area contributed by atoms with E-state index in [0.29, 0.717) is 19.6 Å². The molecular weight excluding hydrogens is 373 g/mol. The summed E-state index contributed by atoms with van der Waals surface area (Å²) in [7, 11) is 0. The number of ether oxygens (including phenoxy) is 2. The summed E-state index contributed by atoms with van der Waals surface area (Å²) in [5, 5.41) is 0. The lowest BCUT2D eigenvalue weighted by atomic mass is 9.99. The number of carbonyl (C=O) groups is 1. The van der Waals surface area contributed by atoms with Gasteiger partial charge < -0.3 is 14.4 Å². The first kappa shape index (κ1) is 22.3. The minimum absolute atomic E-state index is 0.0516. The highest BCUT2D eigenvalue weighted by Crippen LogP contribution is 2.31. The van der Waals surface area contributed by atoms with Crippen LogP contribution in [0.3, 0.4) is 0 Å². The molecule has 0 bridgehead atoms. The molecule has 0 radical (unpaired) electrons. The Morgan fingerprint density at radius 2 is 1.79 bits per heavy atom. The van der Waals surface area contributed by atoms with Gasteiger partial charge >= 0.3 is 12.5 Å². The van der Waals surface area contributed by atoms with Crippen LogP contribution >= 0.6 is 0 Å². The van der Waals surface area contributed by atoms with Crippen molar-refractivity contribution in [1.29, 1.82) is 0 Å². The van der Waals surface area contributed by atoms with Gasteiger partial charge in [-0.2, -0.15) is 0 Å². The second-order valence-electron chi connectivity index (χ2n) is 8.05. The summed E-state index contributed by atoms with van der Waals surface area (Å²) in [6.45, 7) is 11.3. The first-order chi connectivity index (χ1) is 12.9. The summed E-state index contributed by atoms with van der Waals surface area (Å²) in [6.07, 6.45) is -4.21. The zero-order valence-corrected chi connectivity index (χ0v) is 17.0. The maximum atomic E-state index is 12.3. The van der Waals surface area contributed by atoms with Crippen molar-refractivity contribution in [2.45, 2.75) is 65.1 Å². The summed E-state index contributed by atoms with van der Waals surface area (Å²) < 4.78 is 46.4. The van der Waals surface area contributed by atoms with Gasteiger partial charge in [0.05, 0.1) is 0 Å². The molecule has 2 atom stereocenters. The predicted molar refractivity (Wildman–Crippen MR) is 100 cm³/mol. The average molecular weight is 402 g/mol. The van der Waals surface area contributed by atoms with Crippen LogP contribution in [0.4, 0.5) is 18.0 Å². The molecule has 158 valence electrons. The van der Waals surface area contributed by atoms with E-state index in [2.05, 4.69) is 9.64 Å². The van der Waals surface area contributed by atoms with Crippen molar-refractivity contribution in [1.82, 2.24) is 9.80 Å². The fourth-order valence-electron chi connectivity index (χ4n) is 3.48. The number of carbonyl (C=O) groups excluding carboxylic acids is 1. The number of rotatable bonds is 4. The van der Waals surface area contributed by atoms with E-state index in [9.17, 15) is 18.0 Å². The number of nitrogens with zero attached hydrogens (tertiary/aromatic N) is 2. The second kappa shape index (κ2) is 8.59. The third-order valence-electron chi connectivity index (χ3n) is 4.62. The Kier molecular flexibility index (Phi) is 6.85. The molecular formula is C20H29F3N2O3. The maximum Gasteiger partial charge on any atom is 0.573 e. The van der Waals surface area contributed by atoms with E-state index < -0.39 is 12.0 Å². The van der Waals surface area contributed by atoms with Crippen molar-refractivity contribution in [2.75, 3.05) is 19.6 Å². The monoisotopic (exact) mass is 402 g/mol. The lowest BCUT2D eigenvalue weighted by Gasteiger charge is -2.44. The highest BCUT2D eigenvalue weighted by atomic mass is 19.4. The molecule has 1 aromatic carbocycles. The summed E-state index contributed by atoms with van der Waals surface area (Å²) in [5.41, 5.74) is 0.387. The Hall–Kier alpha value is -1.96. The van der Waals surface area contributed by atoms with E-state index in [-0.39, 0.29) is 23.9 Å². The number of alkyl halides is 3. The molecule has 1 aliphatic rings. The van der Waals surface area contributed by atoms with Gasteiger partial charge in [-0.3, -0.25) is 4.90 Å². The molecule has 0 spiro atoms. The molecule has 1 aliphatic heterocycles. The van der Waals surface area contributed by atoms with Gasteiger partial charge in [0, 0.05) is 31.7 Å². The zero-order chi connectivity index (χ0) is 21.1. The highest BCUT2D eigenvalue weighted by Gasteiger charge is 2.34. The Morgan fingerprint density at radius 3 is 2.25 bits per heavy atom. The Morgan fingerprint density at radius 1 is 1.18 bits per heavy atom. The first-order valence-electron chi connectivity index (χ1n) is 9.49. The van der Waals surface area contributed by atoms with Crippen LogP contribution in [-0.2, 0) is 4.74 Å². The molecule has 0 aromatic heterocycles. The quantitative estimate of drug-likeness (QED) is 0.713. The Balaban J connectivity index is 2.04. The summed E-state index contributed by atoms with van der Waals surface area (Å²) in [5.74, 6) is -0.228. The van der Waals surface area contributed by atoms with Crippen LogP contribution < -0.4 is 4.74 Å². The van der Waals surface area contributed by atoms with Crippen molar-refractivity contribution >= 4 is 6.09 Å². The fourth-order valence-corrected chi connectivity index (χ4v) is 3.48. The topological polar surface area (TPSA) is 42.0 Å². The van der Waals surface area contributed by atoms with Gasteiger partial charge in [-0.15, -0.1) is 13.2 Å². The van der Waals surface area contributed by atoms with Crippen molar-refractivity contribution in [3.05, 3.63) is 29.8 Å². The molecule has 2 rings (SSSR count).